The Labute approximate surface area is 143 Å². The van der Waals surface area contributed by atoms with Crippen LogP contribution in [0.4, 0.5) is 13.2 Å². The molecule has 0 radical (unpaired) electrons. The number of halogens is 3. The number of esters is 1. The largest absolute Gasteiger partial charge is 0.534 e. The maximum Gasteiger partial charge on any atom is 0.534 e. The third-order valence-corrected chi connectivity index (χ3v) is 3.83. The summed E-state index contributed by atoms with van der Waals surface area (Å²) in [6, 6.07) is 4.60. The standard InChI is InChI=1S/C16H15F3O5S/c1-4-13(14(5-2)15(20)23-6-3)11-7-9-12(10-8-11)24-25(21,22)16(17,18)19/h4-5,7-10H,1-2,6H2,3H3/b14-13-. The molecular formula is C16H15F3O5S. The number of alkyl halides is 3. The third-order valence-electron chi connectivity index (χ3n) is 2.85. The van der Waals surface area contributed by atoms with E-state index in [0.29, 0.717) is 11.1 Å². The van der Waals surface area contributed by atoms with Crippen LogP contribution in [0.3, 0.4) is 0 Å². The SMILES string of the molecule is C=C/C(C(=O)OCC)=C(\C=C)c1ccc(OS(=O)(=O)C(F)(F)F)cc1. The van der Waals surface area contributed by atoms with Gasteiger partial charge >= 0.3 is 21.6 Å². The summed E-state index contributed by atoms with van der Waals surface area (Å²) in [5.74, 6) is -1.17. The van der Waals surface area contributed by atoms with Crippen molar-refractivity contribution in [2.75, 3.05) is 6.61 Å². The lowest BCUT2D eigenvalue weighted by Crippen LogP contribution is -2.28. The zero-order chi connectivity index (χ0) is 19.3. The van der Waals surface area contributed by atoms with Gasteiger partial charge in [-0.1, -0.05) is 37.4 Å². The second-order valence-corrected chi connectivity index (χ2v) is 6.00. The van der Waals surface area contributed by atoms with E-state index in [1.165, 1.54) is 24.3 Å². The summed E-state index contributed by atoms with van der Waals surface area (Å²) in [6.07, 6.45) is 2.60. The first kappa shape index (κ1) is 20.5. The molecule has 0 aliphatic rings. The molecule has 0 amide bonds. The molecule has 1 aromatic carbocycles. The lowest BCUT2D eigenvalue weighted by Gasteiger charge is -2.11. The van der Waals surface area contributed by atoms with Gasteiger partial charge in [0.15, 0.2) is 0 Å². The summed E-state index contributed by atoms with van der Waals surface area (Å²) < 4.78 is 67.7. The Kier molecular flexibility index (Phi) is 6.57. The fraction of sp³-hybridized carbons (Fsp3) is 0.188. The van der Waals surface area contributed by atoms with E-state index >= 15 is 0 Å². The molecule has 0 heterocycles. The van der Waals surface area contributed by atoms with Crippen LogP contribution >= 0.6 is 0 Å². The van der Waals surface area contributed by atoms with Crippen LogP contribution in [0.2, 0.25) is 0 Å². The van der Waals surface area contributed by atoms with Gasteiger partial charge in [0.1, 0.15) is 5.75 Å². The fourth-order valence-corrected chi connectivity index (χ4v) is 2.22. The minimum Gasteiger partial charge on any atom is -0.462 e. The number of hydrogen-bond acceptors (Lipinski definition) is 5. The van der Waals surface area contributed by atoms with E-state index in [0.717, 1.165) is 12.1 Å². The summed E-state index contributed by atoms with van der Waals surface area (Å²) in [5.41, 5.74) is -4.72. The van der Waals surface area contributed by atoms with Crippen molar-refractivity contribution in [2.24, 2.45) is 0 Å². The van der Waals surface area contributed by atoms with E-state index in [2.05, 4.69) is 17.3 Å². The van der Waals surface area contributed by atoms with E-state index in [9.17, 15) is 26.4 Å². The number of carbonyl (C=O) groups is 1. The molecule has 5 nitrogen and oxygen atoms in total. The van der Waals surface area contributed by atoms with Gasteiger partial charge in [0.2, 0.25) is 0 Å². The third kappa shape index (κ3) is 4.96. The molecule has 0 saturated heterocycles. The van der Waals surface area contributed by atoms with E-state index in [1.807, 2.05) is 0 Å². The first-order chi connectivity index (χ1) is 11.6. The predicted molar refractivity (Wildman–Crippen MR) is 86.0 cm³/mol. The molecule has 0 aliphatic heterocycles. The molecule has 136 valence electrons. The Balaban J connectivity index is 3.22. The Bertz CT molecular complexity index is 790. The summed E-state index contributed by atoms with van der Waals surface area (Å²) in [5, 5.41) is 0. The molecular weight excluding hydrogens is 361 g/mol. The molecule has 25 heavy (non-hydrogen) atoms. The van der Waals surface area contributed by atoms with Crippen LogP contribution in [0.5, 0.6) is 5.75 Å². The Morgan fingerprint density at radius 3 is 2.12 bits per heavy atom. The molecule has 1 rings (SSSR count). The van der Waals surface area contributed by atoms with Gasteiger partial charge in [-0.05, 0) is 30.2 Å². The molecule has 0 unspecified atom stereocenters. The van der Waals surface area contributed by atoms with Crippen molar-refractivity contribution < 1.29 is 35.3 Å². The number of hydrogen-bond donors (Lipinski definition) is 0. The highest BCUT2D eigenvalue weighted by molar-refractivity contribution is 7.88. The van der Waals surface area contributed by atoms with Crippen LogP contribution < -0.4 is 4.18 Å². The maximum absolute atomic E-state index is 12.3. The van der Waals surface area contributed by atoms with E-state index < -0.39 is 27.3 Å². The summed E-state index contributed by atoms with van der Waals surface area (Å²) in [4.78, 5) is 11.9. The van der Waals surface area contributed by atoms with Crippen LogP contribution in [0.25, 0.3) is 5.57 Å². The second kappa shape index (κ2) is 8.02. The molecule has 0 saturated carbocycles. The summed E-state index contributed by atoms with van der Waals surface area (Å²) in [7, 11) is -5.75. The number of rotatable bonds is 7. The van der Waals surface area contributed by atoms with Gasteiger partial charge < -0.3 is 8.92 Å². The number of carbonyl (C=O) groups excluding carboxylic acids is 1. The van der Waals surface area contributed by atoms with E-state index in [-0.39, 0.29) is 12.2 Å². The molecule has 0 bridgehead atoms. The number of allylic oxidation sites excluding steroid dienone is 2. The second-order valence-electron chi connectivity index (χ2n) is 4.46. The van der Waals surface area contributed by atoms with Gasteiger partial charge in [-0.15, -0.1) is 0 Å². The van der Waals surface area contributed by atoms with Crippen molar-refractivity contribution in [2.45, 2.75) is 12.4 Å². The average Bonchev–Trinajstić information content (AvgIpc) is 2.52. The summed E-state index contributed by atoms with van der Waals surface area (Å²) >= 11 is 0. The van der Waals surface area contributed by atoms with Gasteiger partial charge in [0, 0.05) is 0 Å². The van der Waals surface area contributed by atoms with Crippen molar-refractivity contribution in [3.8, 4) is 5.75 Å². The van der Waals surface area contributed by atoms with Crippen LogP contribution in [0, 0.1) is 0 Å². The number of ether oxygens (including phenoxy) is 1. The molecule has 0 N–H and O–H groups in total. The van der Waals surface area contributed by atoms with Crippen molar-refractivity contribution in [3.05, 3.63) is 60.7 Å². The molecule has 0 aromatic heterocycles. The Morgan fingerprint density at radius 2 is 1.72 bits per heavy atom. The van der Waals surface area contributed by atoms with Gasteiger partial charge in [-0.2, -0.15) is 21.6 Å². The highest BCUT2D eigenvalue weighted by Gasteiger charge is 2.48. The molecule has 0 aliphatic carbocycles. The zero-order valence-corrected chi connectivity index (χ0v) is 14.0. The molecule has 0 atom stereocenters. The van der Waals surface area contributed by atoms with Crippen molar-refractivity contribution in [1.82, 2.24) is 0 Å². The molecule has 0 fully saturated rings. The monoisotopic (exact) mass is 376 g/mol. The normalized spacial score (nSPS) is 12.8. The van der Waals surface area contributed by atoms with Gasteiger partial charge in [0.05, 0.1) is 12.2 Å². The minimum atomic E-state index is -5.75. The van der Waals surface area contributed by atoms with Gasteiger partial charge in [-0.25, -0.2) is 4.79 Å². The van der Waals surface area contributed by atoms with Crippen LogP contribution in [0.15, 0.2) is 55.1 Å². The molecule has 9 heteroatoms. The quantitative estimate of drug-likeness (QED) is 0.239. The lowest BCUT2D eigenvalue weighted by atomic mass is 9.99. The van der Waals surface area contributed by atoms with Crippen molar-refractivity contribution >= 4 is 21.7 Å². The van der Waals surface area contributed by atoms with Gasteiger partial charge in [-0.3, -0.25) is 0 Å². The zero-order valence-electron chi connectivity index (χ0n) is 13.2. The lowest BCUT2D eigenvalue weighted by molar-refractivity contribution is -0.138. The van der Waals surface area contributed by atoms with E-state index in [4.69, 9.17) is 4.74 Å². The highest BCUT2D eigenvalue weighted by Crippen LogP contribution is 2.29. The first-order valence-electron chi connectivity index (χ1n) is 6.84. The number of benzene rings is 1. The van der Waals surface area contributed by atoms with E-state index in [1.54, 1.807) is 6.92 Å². The fourth-order valence-electron chi connectivity index (χ4n) is 1.76. The van der Waals surface area contributed by atoms with Crippen LogP contribution in [-0.2, 0) is 19.6 Å². The van der Waals surface area contributed by atoms with Crippen molar-refractivity contribution in [1.29, 1.82) is 0 Å². The van der Waals surface area contributed by atoms with Gasteiger partial charge in [0.25, 0.3) is 0 Å². The molecule has 0 spiro atoms. The van der Waals surface area contributed by atoms with Crippen molar-refractivity contribution in [3.63, 3.8) is 0 Å². The smallest absolute Gasteiger partial charge is 0.462 e. The average molecular weight is 376 g/mol. The topological polar surface area (TPSA) is 69.7 Å². The Hall–Kier alpha value is -2.55. The van der Waals surface area contributed by atoms with Crippen LogP contribution in [-0.4, -0.2) is 26.5 Å². The maximum atomic E-state index is 12.3. The summed E-state index contributed by atoms with van der Waals surface area (Å²) in [6.45, 7) is 8.86. The first-order valence-corrected chi connectivity index (χ1v) is 8.25. The highest BCUT2D eigenvalue weighted by atomic mass is 32.2. The molecule has 1 aromatic rings. The minimum absolute atomic E-state index is 0.105. The van der Waals surface area contributed by atoms with Crippen LogP contribution in [0.1, 0.15) is 12.5 Å². The Morgan fingerprint density at radius 1 is 1.16 bits per heavy atom. The predicted octanol–water partition coefficient (Wildman–Crippen LogP) is 3.60.